The predicted octanol–water partition coefficient (Wildman–Crippen LogP) is 5.30. The summed E-state index contributed by atoms with van der Waals surface area (Å²) in [4.78, 5) is -1.88. The van der Waals surface area contributed by atoms with E-state index in [2.05, 4.69) is 6.58 Å². The highest BCUT2D eigenvalue weighted by Crippen LogP contribution is 3.02. The van der Waals surface area contributed by atoms with Crippen molar-refractivity contribution in [3.63, 3.8) is 0 Å². The molecule has 0 aliphatic carbocycles. The number of rotatable bonds is 2. The number of hydrogen-bond donors (Lipinski definition) is 0. The zero-order valence-corrected chi connectivity index (χ0v) is 8.63. The van der Waals surface area contributed by atoms with E-state index in [1.165, 1.54) is 6.92 Å². The molecule has 0 spiro atoms. The second-order valence-corrected chi connectivity index (χ2v) is 5.60. The van der Waals surface area contributed by atoms with Crippen molar-refractivity contribution in [1.82, 2.24) is 0 Å². The standard InChI is InChI=1S/C9H9F5S/c1-3-8-6-9(5-4-7(8)2)15(10,11,12,13)14/h3-6H,1H2,2H3. The lowest BCUT2D eigenvalue weighted by Crippen LogP contribution is -2.06. The monoisotopic (exact) mass is 244 g/mol. The summed E-state index contributed by atoms with van der Waals surface area (Å²) in [5, 5.41) is 0. The van der Waals surface area contributed by atoms with Crippen LogP contribution in [0.15, 0.2) is 29.7 Å². The summed E-state index contributed by atoms with van der Waals surface area (Å²) in [5.41, 5.74) is 0.524. The van der Waals surface area contributed by atoms with Crippen molar-refractivity contribution < 1.29 is 19.4 Å². The van der Waals surface area contributed by atoms with Crippen molar-refractivity contribution in [1.29, 1.82) is 0 Å². The molecule has 0 atom stereocenters. The van der Waals surface area contributed by atoms with Gasteiger partial charge in [0.05, 0.1) is 0 Å². The van der Waals surface area contributed by atoms with Gasteiger partial charge in [-0.25, -0.2) is 0 Å². The highest BCUT2D eigenvalue weighted by molar-refractivity contribution is 8.45. The Morgan fingerprint density at radius 2 is 1.67 bits per heavy atom. The van der Waals surface area contributed by atoms with Gasteiger partial charge in [-0.05, 0) is 30.2 Å². The molecule has 1 rings (SSSR count). The van der Waals surface area contributed by atoms with Gasteiger partial charge in [-0.2, -0.15) is 0 Å². The van der Waals surface area contributed by atoms with E-state index in [0.29, 0.717) is 17.7 Å². The summed E-state index contributed by atoms with van der Waals surface area (Å²) in [6.07, 6.45) is 1.11. The first kappa shape index (κ1) is 12.0. The zero-order valence-electron chi connectivity index (χ0n) is 7.81. The Hall–Kier alpha value is -1.04. The highest BCUT2D eigenvalue weighted by Gasteiger charge is 2.65. The minimum absolute atomic E-state index is 0.0563. The summed E-state index contributed by atoms with van der Waals surface area (Å²) in [5.74, 6) is 0. The Balaban J connectivity index is 3.50. The lowest BCUT2D eigenvalue weighted by molar-refractivity contribution is 0.364. The van der Waals surface area contributed by atoms with E-state index >= 15 is 0 Å². The molecule has 0 aromatic heterocycles. The van der Waals surface area contributed by atoms with Crippen molar-refractivity contribution in [3.05, 3.63) is 35.9 Å². The largest absolute Gasteiger partial charge is 0.310 e. The van der Waals surface area contributed by atoms with E-state index in [4.69, 9.17) is 0 Å². The smallest absolute Gasteiger partial charge is 0.0985 e. The van der Waals surface area contributed by atoms with Crippen LogP contribution < -0.4 is 0 Å². The Morgan fingerprint density at radius 1 is 1.13 bits per heavy atom. The van der Waals surface area contributed by atoms with Crippen LogP contribution in [0.4, 0.5) is 19.4 Å². The number of halogens is 5. The van der Waals surface area contributed by atoms with Crippen LogP contribution in [-0.4, -0.2) is 0 Å². The zero-order chi connectivity index (χ0) is 12.0. The molecule has 0 saturated carbocycles. The van der Waals surface area contributed by atoms with Gasteiger partial charge in [0.25, 0.3) is 0 Å². The van der Waals surface area contributed by atoms with Gasteiger partial charge in [-0.1, -0.05) is 38.2 Å². The third-order valence-electron chi connectivity index (χ3n) is 1.92. The normalized spacial score (nSPS) is 16.7. The first-order valence-electron chi connectivity index (χ1n) is 3.91. The van der Waals surface area contributed by atoms with Crippen molar-refractivity contribution in [2.24, 2.45) is 0 Å². The van der Waals surface area contributed by atoms with Gasteiger partial charge < -0.3 is 0 Å². The van der Waals surface area contributed by atoms with Crippen LogP contribution in [0.1, 0.15) is 11.1 Å². The van der Waals surface area contributed by atoms with Gasteiger partial charge in [0, 0.05) is 0 Å². The van der Waals surface area contributed by atoms with E-state index in [1.54, 1.807) is 0 Å². The first-order chi connectivity index (χ1) is 6.44. The summed E-state index contributed by atoms with van der Waals surface area (Å²) in [7, 11) is -9.55. The predicted molar refractivity (Wildman–Crippen MR) is 52.7 cm³/mol. The highest BCUT2D eigenvalue weighted by atomic mass is 32.5. The molecule has 0 aliphatic rings. The Labute approximate surface area is 84.1 Å². The molecule has 0 fully saturated rings. The van der Waals surface area contributed by atoms with Gasteiger partial charge in [0.1, 0.15) is 4.90 Å². The minimum atomic E-state index is -9.55. The summed E-state index contributed by atoms with van der Waals surface area (Å²) < 4.78 is 61.8. The Bertz CT molecular complexity index is 417. The SMILES string of the molecule is C=Cc1cc(S(F)(F)(F)(F)F)ccc1C. The molecular formula is C9H9F5S. The van der Waals surface area contributed by atoms with Crippen LogP contribution in [-0.2, 0) is 0 Å². The lowest BCUT2D eigenvalue weighted by Gasteiger charge is -2.40. The molecular weight excluding hydrogens is 235 g/mol. The number of aryl methyl sites for hydroxylation is 1. The Kier molecular flexibility index (Phi) is 2.05. The van der Waals surface area contributed by atoms with Gasteiger partial charge in [-0.15, -0.1) is 0 Å². The maximum atomic E-state index is 12.4. The van der Waals surface area contributed by atoms with Gasteiger partial charge in [0.2, 0.25) is 0 Å². The van der Waals surface area contributed by atoms with Gasteiger partial charge >= 0.3 is 10.2 Å². The van der Waals surface area contributed by atoms with Crippen LogP contribution in [0, 0.1) is 6.92 Å². The van der Waals surface area contributed by atoms with E-state index in [-0.39, 0.29) is 5.56 Å². The maximum Gasteiger partial charge on any atom is 0.310 e. The van der Waals surface area contributed by atoms with Crippen LogP contribution in [0.25, 0.3) is 6.08 Å². The van der Waals surface area contributed by atoms with Crippen LogP contribution >= 0.6 is 10.2 Å². The summed E-state index contributed by atoms with van der Waals surface area (Å²) >= 11 is 0. The van der Waals surface area contributed by atoms with Crippen LogP contribution in [0.5, 0.6) is 0 Å². The molecule has 86 valence electrons. The molecule has 15 heavy (non-hydrogen) atoms. The molecule has 6 heteroatoms. The van der Waals surface area contributed by atoms with Crippen LogP contribution in [0.2, 0.25) is 0 Å². The molecule has 0 unspecified atom stereocenters. The van der Waals surface area contributed by atoms with Crippen molar-refractivity contribution in [2.75, 3.05) is 0 Å². The average Bonchev–Trinajstić information content (AvgIpc) is 2.00. The number of benzene rings is 1. The van der Waals surface area contributed by atoms with Gasteiger partial charge in [0.15, 0.2) is 0 Å². The fourth-order valence-electron chi connectivity index (χ4n) is 1.08. The second-order valence-electron chi connectivity index (χ2n) is 3.19. The minimum Gasteiger partial charge on any atom is -0.0985 e. The fourth-order valence-corrected chi connectivity index (χ4v) is 1.75. The van der Waals surface area contributed by atoms with Crippen molar-refractivity contribution in [2.45, 2.75) is 11.8 Å². The lowest BCUT2D eigenvalue weighted by atomic mass is 10.1. The molecule has 0 saturated heterocycles. The summed E-state index contributed by atoms with van der Waals surface area (Å²) in [6, 6.07) is 1.82. The van der Waals surface area contributed by atoms with E-state index in [0.717, 1.165) is 12.1 Å². The third kappa shape index (κ3) is 2.71. The average molecular weight is 244 g/mol. The summed E-state index contributed by atoms with van der Waals surface area (Å²) in [6.45, 7) is 4.78. The molecule has 0 aliphatic heterocycles. The molecule has 0 N–H and O–H groups in total. The molecule has 0 amide bonds. The van der Waals surface area contributed by atoms with E-state index in [9.17, 15) is 19.4 Å². The molecule has 0 radical (unpaired) electrons. The Morgan fingerprint density at radius 3 is 2.07 bits per heavy atom. The van der Waals surface area contributed by atoms with Crippen LogP contribution in [0.3, 0.4) is 0 Å². The second kappa shape index (κ2) is 2.55. The van der Waals surface area contributed by atoms with E-state index in [1.807, 2.05) is 0 Å². The molecule has 0 heterocycles. The van der Waals surface area contributed by atoms with Crippen molar-refractivity contribution in [3.8, 4) is 0 Å². The molecule has 1 aromatic rings. The maximum absolute atomic E-state index is 12.4. The van der Waals surface area contributed by atoms with Gasteiger partial charge in [-0.3, -0.25) is 0 Å². The van der Waals surface area contributed by atoms with E-state index < -0.39 is 15.1 Å². The molecule has 1 aromatic carbocycles. The first-order valence-corrected chi connectivity index (χ1v) is 5.86. The quantitative estimate of drug-likeness (QED) is 0.619. The van der Waals surface area contributed by atoms with Crippen molar-refractivity contribution >= 4 is 16.3 Å². The number of hydrogen-bond acceptors (Lipinski definition) is 0. The third-order valence-corrected chi connectivity index (χ3v) is 3.06. The molecule has 0 nitrogen and oxygen atoms in total. The molecule has 0 bridgehead atoms. The fraction of sp³-hybridized carbons (Fsp3) is 0.111. The topological polar surface area (TPSA) is 0 Å².